The number of hydrogen-bond acceptors (Lipinski definition) is 4. The Hall–Kier alpha value is -1.45. The average molecular weight is 338 g/mol. The summed E-state index contributed by atoms with van der Waals surface area (Å²) in [6.07, 6.45) is 13.4. The van der Waals surface area contributed by atoms with Gasteiger partial charge in [-0.25, -0.2) is 19.1 Å². The summed E-state index contributed by atoms with van der Waals surface area (Å²) in [5.41, 5.74) is 0. The van der Waals surface area contributed by atoms with Crippen molar-refractivity contribution in [3.63, 3.8) is 0 Å². The van der Waals surface area contributed by atoms with Crippen molar-refractivity contribution in [3.05, 3.63) is 26.0 Å². The number of ether oxygens (including phenoxy) is 2. The quantitative estimate of drug-likeness (QED) is 0.226. The number of unbranched alkanes of at least 4 members (excludes halogenated alkanes) is 8. The Balaban J connectivity index is 3.51. The van der Waals surface area contributed by atoms with Crippen molar-refractivity contribution in [1.82, 2.24) is 0 Å². The van der Waals surface area contributed by atoms with E-state index < -0.39 is 6.10 Å². The molecule has 0 radical (unpaired) electrons. The summed E-state index contributed by atoms with van der Waals surface area (Å²) >= 11 is 0. The van der Waals surface area contributed by atoms with E-state index in [0.29, 0.717) is 12.8 Å². The summed E-state index contributed by atoms with van der Waals surface area (Å²) in [7, 11) is 0. The predicted octanol–water partition coefficient (Wildman–Crippen LogP) is 4.98. The van der Waals surface area contributed by atoms with Crippen molar-refractivity contribution in [2.45, 2.75) is 83.7 Å². The fourth-order valence-corrected chi connectivity index (χ4v) is 2.24. The molecule has 0 saturated heterocycles. The fourth-order valence-electron chi connectivity index (χ4n) is 2.24. The van der Waals surface area contributed by atoms with Crippen LogP contribution in [0.3, 0.4) is 0 Å². The molecule has 0 aromatic carbocycles. The summed E-state index contributed by atoms with van der Waals surface area (Å²) in [6, 6.07) is 0. The van der Waals surface area contributed by atoms with E-state index in [1.807, 2.05) is 6.08 Å². The van der Waals surface area contributed by atoms with Gasteiger partial charge in [-0.2, -0.15) is 0 Å². The number of rotatable bonds is 16. The number of allylic oxidation sites excluding steroid dienone is 1. The molecule has 0 saturated carbocycles. The van der Waals surface area contributed by atoms with Gasteiger partial charge in [0.1, 0.15) is 0 Å². The molecule has 0 aromatic heterocycles. The number of hydrogen-bond donors (Lipinski definition) is 0. The van der Waals surface area contributed by atoms with Gasteiger partial charge in [0, 0.05) is 18.9 Å². The highest BCUT2D eigenvalue weighted by molar-refractivity contribution is 5.70. The molecule has 0 spiro atoms. The van der Waals surface area contributed by atoms with Crippen LogP contribution in [0, 0.1) is 13.3 Å². The monoisotopic (exact) mass is 338 g/mol. The fraction of sp³-hybridized carbons (Fsp3) is 0.700. The van der Waals surface area contributed by atoms with E-state index in [2.05, 4.69) is 26.8 Å². The van der Waals surface area contributed by atoms with Gasteiger partial charge >= 0.3 is 11.9 Å². The summed E-state index contributed by atoms with van der Waals surface area (Å²) in [4.78, 5) is 23.1. The lowest BCUT2D eigenvalue weighted by Crippen LogP contribution is -2.22. The van der Waals surface area contributed by atoms with Crippen molar-refractivity contribution in [2.75, 3.05) is 6.61 Å². The van der Waals surface area contributed by atoms with Gasteiger partial charge in [0.05, 0.1) is 6.61 Å². The second-order valence-electron chi connectivity index (χ2n) is 6.03. The number of carbonyl (C=O) groups excluding carboxylic acids is 2. The van der Waals surface area contributed by atoms with Gasteiger partial charge in [-0.15, -0.1) is 6.42 Å². The third-order valence-electron chi connectivity index (χ3n) is 3.63. The minimum Gasteiger partial charge on any atom is -0.492 e. The average Bonchev–Trinajstić information content (AvgIpc) is 2.55. The van der Waals surface area contributed by atoms with E-state index in [-0.39, 0.29) is 18.5 Å². The Bertz CT molecular complexity index is 339. The normalized spacial score (nSPS) is 11.6. The van der Waals surface area contributed by atoms with E-state index in [1.54, 1.807) is 0 Å². The van der Waals surface area contributed by atoms with Crippen LogP contribution in [-0.2, 0) is 19.1 Å². The number of carbonyl (C=O) groups is 2. The molecular weight excluding hydrogens is 304 g/mol. The number of esters is 2. The molecule has 4 heteroatoms. The molecule has 0 aliphatic heterocycles. The predicted molar refractivity (Wildman–Crippen MR) is 97.2 cm³/mol. The minimum atomic E-state index is -0.623. The Kier molecular flexibility index (Phi) is 15.4. The van der Waals surface area contributed by atoms with Crippen LogP contribution in [-0.4, -0.2) is 24.6 Å². The van der Waals surface area contributed by atoms with E-state index in [4.69, 9.17) is 9.47 Å². The zero-order valence-electron chi connectivity index (χ0n) is 15.3. The topological polar surface area (TPSA) is 52.6 Å². The van der Waals surface area contributed by atoms with Crippen LogP contribution in [0.1, 0.15) is 77.6 Å². The van der Waals surface area contributed by atoms with Gasteiger partial charge in [0.2, 0.25) is 0 Å². The van der Waals surface area contributed by atoms with Crippen molar-refractivity contribution >= 4 is 11.9 Å². The second-order valence-corrected chi connectivity index (χ2v) is 6.03. The van der Waals surface area contributed by atoms with E-state index >= 15 is 0 Å². The molecule has 0 rings (SSSR count). The van der Waals surface area contributed by atoms with Gasteiger partial charge in [-0.3, -0.25) is 16.5 Å². The maximum absolute atomic E-state index is 11.7. The van der Waals surface area contributed by atoms with E-state index in [0.717, 1.165) is 44.9 Å². The Morgan fingerprint density at radius 3 is 2.38 bits per heavy atom. The van der Waals surface area contributed by atoms with Gasteiger partial charge < -0.3 is 9.47 Å². The van der Waals surface area contributed by atoms with Crippen LogP contribution in [0.5, 0.6) is 0 Å². The largest absolute Gasteiger partial charge is 0.492 e. The molecule has 0 N–H and O–H groups in total. The third-order valence-corrected chi connectivity index (χ3v) is 3.63. The van der Waals surface area contributed by atoms with Gasteiger partial charge in [0.25, 0.3) is 0 Å². The minimum absolute atomic E-state index is 0.0382. The first-order valence-corrected chi connectivity index (χ1v) is 9.22. The van der Waals surface area contributed by atoms with Crippen molar-refractivity contribution < 1.29 is 19.1 Å². The highest BCUT2D eigenvalue weighted by atomic mass is 16.6. The Labute approximate surface area is 148 Å². The molecule has 0 aliphatic carbocycles. The summed E-state index contributed by atoms with van der Waals surface area (Å²) in [5, 5.41) is 0. The third kappa shape index (κ3) is 15.4. The molecule has 0 aromatic rings. The first-order chi connectivity index (χ1) is 11.6. The Morgan fingerprint density at radius 1 is 1.04 bits per heavy atom. The Morgan fingerprint density at radius 2 is 1.67 bits per heavy atom. The van der Waals surface area contributed by atoms with Gasteiger partial charge in [-0.1, -0.05) is 45.4 Å². The van der Waals surface area contributed by atoms with Gasteiger partial charge in [-0.05, 0) is 12.8 Å². The lowest BCUT2D eigenvalue weighted by atomic mass is 10.1. The summed E-state index contributed by atoms with van der Waals surface area (Å²) in [6.45, 7) is 9.47. The maximum Gasteiger partial charge on any atom is 0.305 e. The first kappa shape index (κ1) is 22.6. The molecule has 0 amide bonds. The molecule has 0 heterocycles. The molecule has 0 aliphatic rings. The van der Waals surface area contributed by atoms with Crippen molar-refractivity contribution in [2.24, 2.45) is 0 Å². The highest BCUT2D eigenvalue weighted by Crippen LogP contribution is 2.09. The van der Waals surface area contributed by atoms with Crippen LogP contribution < -0.4 is 0 Å². The molecule has 4 nitrogen and oxygen atoms in total. The lowest BCUT2D eigenvalue weighted by molar-refractivity contribution is -0.156. The van der Waals surface area contributed by atoms with Crippen LogP contribution in [0.25, 0.3) is 0 Å². The molecular formula is C20H34O4-2. The highest BCUT2D eigenvalue weighted by Gasteiger charge is 2.08. The van der Waals surface area contributed by atoms with Crippen LogP contribution in [0.2, 0.25) is 0 Å². The van der Waals surface area contributed by atoms with Crippen LogP contribution in [0.15, 0.2) is 12.7 Å². The molecule has 1 atom stereocenters. The first-order valence-electron chi connectivity index (χ1n) is 9.22. The summed E-state index contributed by atoms with van der Waals surface area (Å²) < 4.78 is 10.2. The van der Waals surface area contributed by atoms with E-state index in [1.165, 1.54) is 12.8 Å². The molecule has 140 valence electrons. The standard InChI is InChI=1S/C20H34O4/c1-4-6-8-9-10-11-12-14-16-20(22)24-18(3)17-23-19(21)15-13-7-5-2/h4,6,18H,1,3,5,7-17H2,2H3/q-2/t18-/m0/s1. The second kappa shape index (κ2) is 16.4. The lowest BCUT2D eigenvalue weighted by Gasteiger charge is -2.19. The van der Waals surface area contributed by atoms with Crippen LogP contribution in [0.4, 0.5) is 0 Å². The summed E-state index contributed by atoms with van der Waals surface area (Å²) in [5.74, 6) is -0.515. The van der Waals surface area contributed by atoms with Crippen molar-refractivity contribution in [1.29, 1.82) is 0 Å². The van der Waals surface area contributed by atoms with Crippen molar-refractivity contribution in [3.8, 4) is 0 Å². The SMILES string of the molecule is C=C[CH-]CCCCCCCC(=O)O[C@@H]([CH2-])COC(=O)CCCCC. The maximum atomic E-state index is 11.7. The van der Waals surface area contributed by atoms with Crippen LogP contribution >= 0.6 is 0 Å². The zero-order valence-corrected chi connectivity index (χ0v) is 15.3. The van der Waals surface area contributed by atoms with Gasteiger partial charge in [0.15, 0.2) is 0 Å². The molecule has 0 unspecified atom stereocenters. The smallest absolute Gasteiger partial charge is 0.305 e. The zero-order chi connectivity index (χ0) is 18.0. The van der Waals surface area contributed by atoms with E-state index in [9.17, 15) is 9.59 Å². The molecule has 24 heavy (non-hydrogen) atoms. The molecule has 0 fully saturated rings. The molecule has 0 bridgehead atoms.